The monoisotopic (exact) mass is 437 g/mol. The van der Waals surface area contributed by atoms with Crippen molar-refractivity contribution in [2.45, 2.75) is 19.9 Å². The zero-order chi connectivity index (χ0) is 23.4. The highest BCUT2D eigenvalue weighted by Crippen LogP contribution is 2.30. The molecule has 2 aromatic heterocycles. The summed E-state index contributed by atoms with van der Waals surface area (Å²) in [5.41, 5.74) is 3.53. The van der Waals surface area contributed by atoms with E-state index in [1.807, 2.05) is 56.3 Å². The Morgan fingerprint density at radius 2 is 1.85 bits per heavy atom. The van der Waals surface area contributed by atoms with Gasteiger partial charge in [-0.3, -0.25) is 4.79 Å². The van der Waals surface area contributed by atoms with Gasteiger partial charge in [-0.25, -0.2) is 0 Å². The molecule has 1 atom stereocenters. The Morgan fingerprint density at radius 1 is 1.06 bits per heavy atom. The molecule has 0 bridgehead atoms. The van der Waals surface area contributed by atoms with Gasteiger partial charge in [-0.1, -0.05) is 42.5 Å². The molecule has 0 aliphatic rings. The molecule has 0 aliphatic carbocycles. The minimum absolute atomic E-state index is 0.0185. The SMILES string of the molecule is Cc1cccc(C#N)c1Oc1nc(N[C@@H](C)c2ccccc2)cc(-c2ccc(=O)n(C)c2)n1. The van der Waals surface area contributed by atoms with Crippen molar-refractivity contribution in [3.05, 3.63) is 100.0 Å². The second-order valence-electron chi connectivity index (χ2n) is 7.73. The van der Waals surface area contributed by atoms with Crippen molar-refractivity contribution in [2.24, 2.45) is 7.05 Å². The summed E-state index contributed by atoms with van der Waals surface area (Å²) in [5, 5.41) is 12.9. The van der Waals surface area contributed by atoms with Crippen LogP contribution in [0.3, 0.4) is 0 Å². The van der Waals surface area contributed by atoms with Gasteiger partial charge < -0.3 is 14.6 Å². The smallest absolute Gasteiger partial charge is 0.324 e. The molecule has 0 spiro atoms. The lowest BCUT2D eigenvalue weighted by Crippen LogP contribution is -2.14. The van der Waals surface area contributed by atoms with Crippen LogP contribution in [-0.4, -0.2) is 14.5 Å². The molecule has 2 aromatic carbocycles. The summed E-state index contributed by atoms with van der Waals surface area (Å²) < 4.78 is 7.51. The van der Waals surface area contributed by atoms with Gasteiger partial charge >= 0.3 is 6.01 Å². The van der Waals surface area contributed by atoms with Crippen molar-refractivity contribution < 1.29 is 4.74 Å². The summed E-state index contributed by atoms with van der Waals surface area (Å²) in [7, 11) is 1.69. The van der Waals surface area contributed by atoms with Crippen molar-refractivity contribution in [2.75, 3.05) is 5.32 Å². The van der Waals surface area contributed by atoms with Gasteiger partial charge in [-0.05, 0) is 37.1 Å². The van der Waals surface area contributed by atoms with E-state index in [1.165, 1.54) is 10.6 Å². The topological polar surface area (TPSA) is 92.8 Å². The quantitative estimate of drug-likeness (QED) is 0.457. The Bertz CT molecular complexity index is 1390. The third-order valence-corrected chi connectivity index (χ3v) is 5.28. The number of nitrogens with zero attached hydrogens (tertiary/aromatic N) is 4. The first-order valence-corrected chi connectivity index (χ1v) is 10.5. The van der Waals surface area contributed by atoms with E-state index < -0.39 is 0 Å². The molecule has 0 unspecified atom stereocenters. The van der Waals surface area contributed by atoms with Crippen LogP contribution >= 0.6 is 0 Å². The lowest BCUT2D eigenvalue weighted by molar-refractivity contribution is 0.438. The Kier molecular flexibility index (Phi) is 6.18. The van der Waals surface area contributed by atoms with Crippen molar-refractivity contribution in [1.82, 2.24) is 14.5 Å². The molecule has 7 nitrogen and oxygen atoms in total. The highest BCUT2D eigenvalue weighted by Gasteiger charge is 2.15. The number of benzene rings is 2. The highest BCUT2D eigenvalue weighted by atomic mass is 16.5. The van der Waals surface area contributed by atoms with Crippen LogP contribution in [-0.2, 0) is 7.05 Å². The average Bonchev–Trinajstić information content (AvgIpc) is 2.82. The van der Waals surface area contributed by atoms with Gasteiger partial charge in [0.15, 0.2) is 5.75 Å². The minimum Gasteiger partial charge on any atom is -0.423 e. The fourth-order valence-electron chi connectivity index (χ4n) is 3.45. The molecule has 1 N–H and O–H groups in total. The number of nitriles is 1. The molecule has 0 amide bonds. The minimum atomic E-state index is -0.112. The Hall–Kier alpha value is -4.44. The molecular weight excluding hydrogens is 414 g/mol. The number of para-hydroxylation sites is 1. The van der Waals surface area contributed by atoms with Crippen LogP contribution in [0.15, 0.2) is 77.7 Å². The molecule has 164 valence electrons. The first-order chi connectivity index (χ1) is 15.9. The summed E-state index contributed by atoms with van der Waals surface area (Å²) in [4.78, 5) is 21.0. The molecule has 0 saturated carbocycles. The molecule has 0 aliphatic heterocycles. The van der Waals surface area contributed by atoms with Gasteiger partial charge in [-0.15, -0.1) is 0 Å². The van der Waals surface area contributed by atoms with Gasteiger partial charge in [-0.2, -0.15) is 15.2 Å². The summed E-state index contributed by atoms with van der Waals surface area (Å²) in [6.07, 6.45) is 1.72. The molecule has 33 heavy (non-hydrogen) atoms. The van der Waals surface area contributed by atoms with Gasteiger partial charge in [0.1, 0.15) is 11.9 Å². The molecular formula is C26H23N5O2. The van der Waals surface area contributed by atoms with Crippen LogP contribution in [0.5, 0.6) is 11.8 Å². The largest absolute Gasteiger partial charge is 0.423 e. The first-order valence-electron chi connectivity index (χ1n) is 10.5. The predicted octanol–water partition coefficient (Wildman–Crippen LogP) is 4.99. The van der Waals surface area contributed by atoms with Crippen LogP contribution < -0.4 is 15.6 Å². The van der Waals surface area contributed by atoms with E-state index in [-0.39, 0.29) is 17.6 Å². The van der Waals surface area contributed by atoms with E-state index >= 15 is 0 Å². The molecule has 0 fully saturated rings. The number of pyridine rings is 1. The van der Waals surface area contributed by atoms with Gasteiger partial charge in [0.2, 0.25) is 5.56 Å². The normalized spacial score (nSPS) is 11.5. The van der Waals surface area contributed by atoms with Crippen LogP contribution in [0.1, 0.15) is 29.7 Å². The molecule has 0 radical (unpaired) electrons. The number of anilines is 1. The number of hydrogen-bond acceptors (Lipinski definition) is 6. The van der Waals surface area contributed by atoms with Crippen LogP contribution in [0.25, 0.3) is 11.3 Å². The summed E-state index contributed by atoms with van der Waals surface area (Å²) in [6, 6.07) is 22.6. The number of rotatable bonds is 6. The van der Waals surface area contributed by atoms with Gasteiger partial charge in [0.05, 0.1) is 11.3 Å². The van der Waals surface area contributed by atoms with Gasteiger partial charge in [0.25, 0.3) is 0 Å². The number of aromatic nitrogens is 3. The van der Waals surface area contributed by atoms with E-state index in [1.54, 1.807) is 31.4 Å². The average molecular weight is 438 g/mol. The maximum Gasteiger partial charge on any atom is 0.324 e. The van der Waals surface area contributed by atoms with E-state index in [0.29, 0.717) is 22.8 Å². The van der Waals surface area contributed by atoms with E-state index in [4.69, 9.17) is 4.74 Å². The Morgan fingerprint density at radius 3 is 2.58 bits per heavy atom. The Labute approximate surface area is 192 Å². The fraction of sp³-hybridized carbons (Fsp3) is 0.154. The molecule has 4 aromatic rings. The zero-order valence-corrected chi connectivity index (χ0v) is 18.6. The summed E-state index contributed by atoms with van der Waals surface area (Å²) in [5.74, 6) is 0.979. The maximum absolute atomic E-state index is 11.9. The van der Waals surface area contributed by atoms with Crippen molar-refractivity contribution in [3.63, 3.8) is 0 Å². The molecule has 2 heterocycles. The molecule has 7 heteroatoms. The van der Waals surface area contributed by atoms with Crippen molar-refractivity contribution >= 4 is 5.82 Å². The van der Waals surface area contributed by atoms with E-state index in [0.717, 1.165) is 16.7 Å². The third kappa shape index (κ3) is 4.91. The van der Waals surface area contributed by atoms with Crippen molar-refractivity contribution in [1.29, 1.82) is 5.26 Å². The van der Waals surface area contributed by atoms with E-state index in [9.17, 15) is 10.1 Å². The molecule has 0 saturated heterocycles. The second kappa shape index (κ2) is 9.37. The summed E-state index contributed by atoms with van der Waals surface area (Å²) >= 11 is 0. The number of hydrogen-bond donors (Lipinski definition) is 1. The third-order valence-electron chi connectivity index (χ3n) is 5.28. The number of nitrogens with one attached hydrogen (secondary N) is 1. The lowest BCUT2D eigenvalue weighted by atomic mass is 10.1. The number of ether oxygens (including phenoxy) is 1. The van der Waals surface area contributed by atoms with E-state index in [2.05, 4.69) is 21.4 Å². The molecule has 4 rings (SSSR count). The number of aryl methyl sites for hydroxylation is 2. The predicted molar refractivity (Wildman–Crippen MR) is 127 cm³/mol. The van der Waals surface area contributed by atoms with Crippen molar-refractivity contribution in [3.8, 4) is 29.1 Å². The summed E-state index contributed by atoms with van der Waals surface area (Å²) in [6.45, 7) is 3.91. The van der Waals surface area contributed by atoms with Crippen LogP contribution in [0, 0.1) is 18.3 Å². The first kappa shape index (κ1) is 21.8. The second-order valence-corrected chi connectivity index (χ2v) is 7.73. The Balaban J connectivity index is 1.77. The zero-order valence-electron chi connectivity index (χ0n) is 18.6. The van der Waals surface area contributed by atoms with Gasteiger partial charge in [0, 0.05) is 37.0 Å². The highest BCUT2D eigenvalue weighted by molar-refractivity contribution is 5.62. The standard InChI is InChI=1S/C26H23N5O2/c1-17-8-7-11-20(15-27)25(17)33-26-29-22(21-12-13-24(32)31(3)16-21)14-23(30-26)28-18(2)19-9-5-4-6-10-19/h4-14,16,18H,1-3H3,(H,28,29,30)/t18-/m0/s1. The van der Waals surface area contributed by atoms with Crippen LogP contribution in [0.2, 0.25) is 0 Å². The fourth-order valence-corrected chi connectivity index (χ4v) is 3.45. The van der Waals surface area contributed by atoms with Crippen LogP contribution in [0.4, 0.5) is 5.82 Å². The lowest BCUT2D eigenvalue weighted by Gasteiger charge is -2.17. The maximum atomic E-state index is 11.9.